The van der Waals surface area contributed by atoms with Gasteiger partial charge in [-0.05, 0) is 39.8 Å². The van der Waals surface area contributed by atoms with E-state index in [-0.39, 0.29) is 0 Å². The van der Waals surface area contributed by atoms with Gasteiger partial charge in [0.15, 0.2) is 0 Å². The van der Waals surface area contributed by atoms with E-state index in [1.165, 1.54) is 32.4 Å². The third-order valence-electron chi connectivity index (χ3n) is 2.12. The van der Waals surface area contributed by atoms with Gasteiger partial charge in [0.1, 0.15) is 0 Å². The molecule has 1 rings (SSSR count). The number of aliphatic hydroxyl groups is 1. The standard InChI is InChI=1S/C8H17N.C2H4.CH4O/c1-8(2)9-6-4-3-5-7-9;2*1-2/h8H,3-7H2,1-2H3;1-2H2;2H,1H3. The summed E-state index contributed by atoms with van der Waals surface area (Å²) in [6.07, 6.45) is 4.28. The Bertz CT molecular complexity index is 88.1. The largest absolute Gasteiger partial charge is 0.400 e. The van der Waals surface area contributed by atoms with Crippen molar-refractivity contribution < 1.29 is 5.11 Å². The second-order valence-corrected chi connectivity index (χ2v) is 3.19. The topological polar surface area (TPSA) is 23.5 Å². The lowest BCUT2D eigenvalue weighted by molar-refractivity contribution is 0.185. The number of aliphatic hydroxyl groups excluding tert-OH is 1. The highest BCUT2D eigenvalue weighted by atomic mass is 16.2. The van der Waals surface area contributed by atoms with Gasteiger partial charge in [-0.1, -0.05) is 6.42 Å². The zero-order valence-electron chi connectivity index (χ0n) is 9.42. The maximum Gasteiger partial charge on any atom is 0.0319 e. The van der Waals surface area contributed by atoms with Gasteiger partial charge in [0.25, 0.3) is 0 Å². The summed E-state index contributed by atoms with van der Waals surface area (Å²) in [6.45, 7) is 13.2. The Balaban J connectivity index is 0. The molecule has 0 bridgehead atoms. The van der Waals surface area contributed by atoms with Crippen LogP contribution in [0.2, 0.25) is 0 Å². The van der Waals surface area contributed by atoms with Crippen LogP contribution in [-0.2, 0) is 0 Å². The molecule has 0 unspecified atom stereocenters. The lowest BCUT2D eigenvalue weighted by Gasteiger charge is -2.29. The van der Waals surface area contributed by atoms with Gasteiger partial charge in [0, 0.05) is 13.2 Å². The molecular weight excluding hydrogens is 162 g/mol. The van der Waals surface area contributed by atoms with E-state index in [0.717, 1.165) is 13.2 Å². The van der Waals surface area contributed by atoms with Gasteiger partial charge >= 0.3 is 0 Å². The molecular formula is C11H25NO. The van der Waals surface area contributed by atoms with Gasteiger partial charge in [-0.2, -0.15) is 0 Å². The van der Waals surface area contributed by atoms with Crippen LogP contribution >= 0.6 is 0 Å². The van der Waals surface area contributed by atoms with Crippen LogP contribution in [0.5, 0.6) is 0 Å². The maximum atomic E-state index is 7.00. The van der Waals surface area contributed by atoms with E-state index in [4.69, 9.17) is 5.11 Å². The lowest BCUT2D eigenvalue weighted by atomic mass is 10.1. The van der Waals surface area contributed by atoms with Crippen LogP contribution in [-0.4, -0.2) is 36.2 Å². The van der Waals surface area contributed by atoms with Crippen LogP contribution in [0.1, 0.15) is 33.1 Å². The maximum absolute atomic E-state index is 7.00. The van der Waals surface area contributed by atoms with E-state index in [0.29, 0.717) is 0 Å². The fourth-order valence-electron chi connectivity index (χ4n) is 1.43. The highest BCUT2D eigenvalue weighted by Crippen LogP contribution is 2.10. The molecule has 0 aromatic rings. The van der Waals surface area contributed by atoms with Crippen molar-refractivity contribution in [2.45, 2.75) is 39.2 Å². The predicted molar refractivity (Wildman–Crippen MR) is 60.0 cm³/mol. The molecule has 1 fully saturated rings. The Morgan fingerprint density at radius 1 is 1.00 bits per heavy atom. The molecule has 13 heavy (non-hydrogen) atoms. The number of piperidine rings is 1. The Morgan fingerprint density at radius 3 is 1.62 bits per heavy atom. The summed E-state index contributed by atoms with van der Waals surface area (Å²) in [5.74, 6) is 0. The Labute approximate surface area is 83.3 Å². The second kappa shape index (κ2) is 11.7. The molecule has 0 saturated carbocycles. The van der Waals surface area contributed by atoms with Crippen LogP contribution in [0.15, 0.2) is 13.2 Å². The van der Waals surface area contributed by atoms with Crippen molar-refractivity contribution >= 4 is 0 Å². The van der Waals surface area contributed by atoms with E-state index < -0.39 is 0 Å². The molecule has 1 aliphatic heterocycles. The molecule has 1 N–H and O–H groups in total. The van der Waals surface area contributed by atoms with Crippen molar-refractivity contribution in [1.29, 1.82) is 0 Å². The van der Waals surface area contributed by atoms with E-state index in [9.17, 15) is 0 Å². The van der Waals surface area contributed by atoms with Crippen LogP contribution in [0.3, 0.4) is 0 Å². The number of rotatable bonds is 1. The molecule has 1 heterocycles. The third kappa shape index (κ3) is 8.00. The molecule has 1 saturated heterocycles. The van der Waals surface area contributed by atoms with Gasteiger partial charge in [-0.3, -0.25) is 0 Å². The molecule has 0 amide bonds. The monoisotopic (exact) mass is 187 g/mol. The van der Waals surface area contributed by atoms with E-state index >= 15 is 0 Å². The summed E-state index contributed by atoms with van der Waals surface area (Å²) in [5.41, 5.74) is 0. The summed E-state index contributed by atoms with van der Waals surface area (Å²) in [4.78, 5) is 2.56. The summed E-state index contributed by atoms with van der Waals surface area (Å²) < 4.78 is 0. The molecule has 80 valence electrons. The normalized spacial score (nSPS) is 16.7. The molecule has 2 nitrogen and oxygen atoms in total. The Morgan fingerprint density at radius 2 is 1.38 bits per heavy atom. The first-order valence-electron chi connectivity index (χ1n) is 4.99. The van der Waals surface area contributed by atoms with E-state index in [2.05, 4.69) is 31.9 Å². The molecule has 0 spiro atoms. The summed E-state index contributed by atoms with van der Waals surface area (Å²) in [7, 11) is 1.00. The summed E-state index contributed by atoms with van der Waals surface area (Å²) in [5, 5.41) is 7.00. The molecule has 0 radical (unpaired) electrons. The first kappa shape index (κ1) is 15.1. The minimum Gasteiger partial charge on any atom is -0.400 e. The zero-order chi connectivity index (χ0) is 10.7. The Hall–Kier alpha value is -0.340. The summed E-state index contributed by atoms with van der Waals surface area (Å²) >= 11 is 0. The van der Waals surface area contributed by atoms with Gasteiger partial charge in [0.2, 0.25) is 0 Å². The lowest BCUT2D eigenvalue weighted by Crippen LogP contribution is -2.35. The van der Waals surface area contributed by atoms with Crippen LogP contribution in [0, 0.1) is 0 Å². The first-order chi connectivity index (χ1) is 6.30. The first-order valence-corrected chi connectivity index (χ1v) is 4.99. The van der Waals surface area contributed by atoms with Crippen molar-refractivity contribution in [2.75, 3.05) is 20.2 Å². The van der Waals surface area contributed by atoms with Crippen molar-refractivity contribution in [3.8, 4) is 0 Å². The minimum absolute atomic E-state index is 0.769. The fourth-order valence-corrected chi connectivity index (χ4v) is 1.43. The molecule has 0 aromatic carbocycles. The highest BCUT2D eigenvalue weighted by molar-refractivity contribution is 4.67. The predicted octanol–water partition coefficient (Wildman–Crippen LogP) is 2.29. The van der Waals surface area contributed by atoms with Crippen LogP contribution in [0.25, 0.3) is 0 Å². The fraction of sp³-hybridized carbons (Fsp3) is 0.818. The molecule has 2 heteroatoms. The number of hydrogen-bond donors (Lipinski definition) is 1. The van der Waals surface area contributed by atoms with Gasteiger partial charge in [0.05, 0.1) is 0 Å². The average molecular weight is 187 g/mol. The second-order valence-electron chi connectivity index (χ2n) is 3.19. The average Bonchev–Trinajstić information content (AvgIpc) is 2.25. The molecule has 0 atom stereocenters. The van der Waals surface area contributed by atoms with E-state index in [1.54, 1.807) is 0 Å². The summed E-state index contributed by atoms with van der Waals surface area (Å²) in [6, 6.07) is 0.769. The minimum atomic E-state index is 0.769. The van der Waals surface area contributed by atoms with Crippen molar-refractivity contribution in [3.63, 3.8) is 0 Å². The quantitative estimate of drug-likeness (QED) is 0.637. The van der Waals surface area contributed by atoms with Crippen molar-refractivity contribution in [1.82, 2.24) is 4.90 Å². The van der Waals surface area contributed by atoms with Gasteiger partial charge in [-0.15, -0.1) is 13.2 Å². The van der Waals surface area contributed by atoms with Crippen LogP contribution < -0.4 is 0 Å². The van der Waals surface area contributed by atoms with Crippen molar-refractivity contribution in [3.05, 3.63) is 13.2 Å². The molecule has 0 aromatic heterocycles. The number of nitrogens with zero attached hydrogens (tertiary/aromatic N) is 1. The molecule has 0 aliphatic carbocycles. The smallest absolute Gasteiger partial charge is 0.0319 e. The third-order valence-corrected chi connectivity index (χ3v) is 2.12. The van der Waals surface area contributed by atoms with E-state index in [1.807, 2.05) is 0 Å². The SMILES string of the molecule is C=C.CC(C)N1CCCCC1.CO. The highest BCUT2D eigenvalue weighted by Gasteiger charge is 2.11. The number of likely N-dealkylation sites (tertiary alicyclic amines) is 1. The van der Waals surface area contributed by atoms with Crippen LogP contribution in [0.4, 0.5) is 0 Å². The zero-order valence-corrected chi connectivity index (χ0v) is 9.42. The van der Waals surface area contributed by atoms with Crippen molar-refractivity contribution in [2.24, 2.45) is 0 Å². The van der Waals surface area contributed by atoms with Gasteiger partial charge in [-0.25, -0.2) is 0 Å². The Kier molecular flexibility index (Phi) is 13.6. The molecule has 1 aliphatic rings. The van der Waals surface area contributed by atoms with Gasteiger partial charge < -0.3 is 10.0 Å². The number of hydrogen-bond acceptors (Lipinski definition) is 2.